The maximum Gasteiger partial charge on any atom is 0.270 e. The highest BCUT2D eigenvalue weighted by molar-refractivity contribution is 8.27. The second kappa shape index (κ2) is 11.0. The van der Waals surface area contributed by atoms with Gasteiger partial charge in [-0.25, -0.2) is 0 Å². The molecule has 1 heterocycles. The van der Waals surface area contributed by atoms with Crippen LogP contribution >= 0.6 is 35.6 Å². The van der Waals surface area contributed by atoms with E-state index in [1.807, 2.05) is 0 Å². The third kappa shape index (κ3) is 5.46. The number of nitro groups is 1. The highest BCUT2D eigenvalue weighted by Gasteiger charge is 2.33. The minimum absolute atomic E-state index is 0.00682. The molecule has 0 N–H and O–H groups in total. The molecule has 184 valence electrons. The van der Waals surface area contributed by atoms with Crippen LogP contribution in [0.25, 0.3) is 6.08 Å². The number of methoxy groups -OCH3 is 2. The summed E-state index contributed by atoms with van der Waals surface area (Å²) in [5.74, 6) is 1.14. The average Bonchev–Trinajstić information content (AvgIpc) is 3.15. The summed E-state index contributed by atoms with van der Waals surface area (Å²) in [6, 6.07) is 16.5. The lowest BCUT2D eigenvalue weighted by molar-refractivity contribution is -0.384. The summed E-state index contributed by atoms with van der Waals surface area (Å²) in [7, 11) is 3.02. The number of carbonyl (C=O) groups excluding carboxylic acids is 1. The second-order valence-electron chi connectivity index (χ2n) is 7.46. The normalized spacial score (nSPS) is 14.3. The summed E-state index contributed by atoms with van der Waals surface area (Å²) in [5.41, 5.74) is 1.90. The zero-order chi connectivity index (χ0) is 25.8. The van der Waals surface area contributed by atoms with E-state index in [1.165, 1.54) is 43.0 Å². The summed E-state index contributed by atoms with van der Waals surface area (Å²) in [6.45, 7) is 0.125. The number of hydrogen-bond donors (Lipinski definition) is 0. The molecule has 3 aromatic carbocycles. The summed E-state index contributed by atoms with van der Waals surface area (Å²) in [5, 5.41) is 11.4. The minimum atomic E-state index is -0.454. The fourth-order valence-corrected chi connectivity index (χ4v) is 5.00. The third-order valence-electron chi connectivity index (χ3n) is 5.19. The van der Waals surface area contributed by atoms with Crippen molar-refractivity contribution in [2.24, 2.45) is 0 Å². The van der Waals surface area contributed by atoms with Crippen LogP contribution in [0.3, 0.4) is 0 Å². The van der Waals surface area contributed by atoms with Crippen LogP contribution in [0, 0.1) is 10.1 Å². The van der Waals surface area contributed by atoms with Gasteiger partial charge in [0.25, 0.3) is 11.6 Å². The zero-order valence-electron chi connectivity index (χ0n) is 19.1. The van der Waals surface area contributed by atoms with Crippen LogP contribution in [-0.4, -0.2) is 29.4 Å². The van der Waals surface area contributed by atoms with E-state index >= 15 is 0 Å². The quantitative estimate of drug-likeness (QED) is 0.143. The molecule has 0 unspecified atom stereocenters. The smallest absolute Gasteiger partial charge is 0.270 e. The van der Waals surface area contributed by atoms with Crippen LogP contribution in [0.1, 0.15) is 11.1 Å². The van der Waals surface area contributed by atoms with Gasteiger partial charge in [0.15, 0.2) is 15.8 Å². The van der Waals surface area contributed by atoms with Gasteiger partial charge >= 0.3 is 0 Å². The molecule has 0 spiro atoms. The van der Waals surface area contributed by atoms with E-state index in [0.29, 0.717) is 48.3 Å². The number of thiocarbonyl (C=S) groups is 1. The number of carbonyl (C=O) groups is 1. The number of halogens is 1. The van der Waals surface area contributed by atoms with Crippen molar-refractivity contribution in [2.75, 3.05) is 19.1 Å². The molecule has 1 aliphatic heterocycles. The van der Waals surface area contributed by atoms with Crippen LogP contribution in [0.5, 0.6) is 17.2 Å². The lowest BCUT2D eigenvalue weighted by atomic mass is 10.1. The molecule has 0 aromatic heterocycles. The number of rotatable bonds is 8. The summed E-state index contributed by atoms with van der Waals surface area (Å²) in [6.07, 6.45) is 1.72. The van der Waals surface area contributed by atoms with Crippen molar-refractivity contribution >= 4 is 63.3 Å². The van der Waals surface area contributed by atoms with Crippen molar-refractivity contribution in [3.63, 3.8) is 0 Å². The lowest BCUT2D eigenvalue weighted by Gasteiger charge is -2.15. The molecule has 0 radical (unpaired) electrons. The number of amides is 1. The van der Waals surface area contributed by atoms with E-state index in [-0.39, 0.29) is 18.2 Å². The molecule has 0 atom stereocenters. The van der Waals surface area contributed by atoms with Gasteiger partial charge in [-0.2, -0.15) is 0 Å². The van der Waals surface area contributed by atoms with Gasteiger partial charge in [-0.1, -0.05) is 53.8 Å². The second-order valence-corrected chi connectivity index (χ2v) is 9.54. The number of ether oxygens (including phenoxy) is 3. The predicted octanol–water partition coefficient (Wildman–Crippen LogP) is 6.25. The summed E-state index contributed by atoms with van der Waals surface area (Å²) in [4.78, 5) is 25.5. The molecule has 0 aliphatic carbocycles. The fourth-order valence-electron chi connectivity index (χ4n) is 3.45. The van der Waals surface area contributed by atoms with E-state index in [4.69, 9.17) is 38.0 Å². The third-order valence-corrected chi connectivity index (χ3v) is 6.79. The molecule has 1 fully saturated rings. The zero-order valence-corrected chi connectivity index (χ0v) is 21.5. The van der Waals surface area contributed by atoms with Gasteiger partial charge < -0.3 is 14.2 Å². The van der Waals surface area contributed by atoms with Crippen molar-refractivity contribution in [1.82, 2.24) is 0 Å². The highest BCUT2D eigenvalue weighted by atomic mass is 35.5. The number of thioether (sulfide) groups is 1. The van der Waals surface area contributed by atoms with E-state index < -0.39 is 4.92 Å². The first kappa shape index (κ1) is 25.5. The Bertz CT molecular complexity index is 1390. The maximum atomic E-state index is 13.1. The number of hydrogen-bond acceptors (Lipinski definition) is 8. The van der Waals surface area contributed by atoms with Gasteiger partial charge in [0, 0.05) is 12.1 Å². The molecular formula is C25H19ClN2O6S2. The molecule has 4 rings (SSSR count). The van der Waals surface area contributed by atoms with E-state index in [0.717, 1.165) is 0 Å². The van der Waals surface area contributed by atoms with Crippen molar-refractivity contribution in [1.29, 1.82) is 0 Å². The molecule has 36 heavy (non-hydrogen) atoms. The molecule has 0 saturated carbocycles. The van der Waals surface area contributed by atoms with Gasteiger partial charge in [-0.05, 0) is 47.5 Å². The van der Waals surface area contributed by atoms with Gasteiger partial charge in [-0.3, -0.25) is 19.8 Å². The first-order valence-corrected chi connectivity index (χ1v) is 12.1. The largest absolute Gasteiger partial charge is 0.495 e. The van der Waals surface area contributed by atoms with Crippen LogP contribution in [-0.2, 0) is 11.4 Å². The van der Waals surface area contributed by atoms with E-state index in [2.05, 4.69) is 0 Å². The molecule has 11 heteroatoms. The fraction of sp³-hybridized carbons (Fsp3) is 0.120. The summed E-state index contributed by atoms with van der Waals surface area (Å²) >= 11 is 12.8. The molecule has 0 bridgehead atoms. The Morgan fingerprint density at radius 3 is 2.50 bits per heavy atom. The first-order valence-electron chi connectivity index (χ1n) is 10.5. The Balaban J connectivity index is 1.52. The van der Waals surface area contributed by atoms with Crippen molar-refractivity contribution in [3.05, 3.63) is 91.8 Å². The van der Waals surface area contributed by atoms with Gasteiger partial charge in [0.2, 0.25) is 0 Å². The maximum absolute atomic E-state index is 13.1. The molecule has 1 saturated heterocycles. The number of anilines is 1. The highest BCUT2D eigenvalue weighted by Crippen LogP contribution is 2.39. The standard InChI is InChI=1S/C25H19ClN2O6S2/c1-32-20-9-7-17(13-19(20)26)27-24(29)23(36-25(27)35)12-15-6-8-21(22(11-15)33-2)34-14-16-4-3-5-18(10-16)28(30)31/h3-13H,14H2,1-2H3/b23-12+. The number of nitro benzene ring substituents is 1. The van der Waals surface area contributed by atoms with E-state index in [1.54, 1.807) is 54.6 Å². The predicted molar refractivity (Wildman–Crippen MR) is 144 cm³/mol. The summed E-state index contributed by atoms with van der Waals surface area (Å²) < 4.78 is 16.8. The van der Waals surface area contributed by atoms with Gasteiger partial charge in [0.1, 0.15) is 12.4 Å². The van der Waals surface area contributed by atoms with Crippen molar-refractivity contribution in [2.45, 2.75) is 6.61 Å². The Hall–Kier alpha value is -3.60. The lowest BCUT2D eigenvalue weighted by Crippen LogP contribution is -2.27. The van der Waals surface area contributed by atoms with Crippen LogP contribution < -0.4 is 19.1 Å². The molecule has 3 aromatic rings. The first-order chi connectivity index (χ1) is 17.3. The van der Waals surface area contributed by atoms with Crippen LogP contribution in [0.2, 0.25) is 5.02 Å². The van der Waals surface area contributed by atoms with Crippen molar-refractivity contribution < 1.29 is 23.9 Å². The van der Waals surface area contributed by atoms with Gasteiger partial charge in [-0.15, -0.1) is 0 Å². The average molecular weight is 543 g/mol. The van der Waals surface area contributed by atoms with E-state index in [9.17, 15) is 14.9 Å². The van der Waals surface area contributed by atoms with Crippen LogP contribution in [0.15, 0.2) is 65.6 Å². The molecular weight excluding hydrogens is 524 g/mol. The number of non-ortho nitro benzene ring substituents is 1. The minimum Gasteiger partial charge on any atom is -0.495 e. The Morgan fingerprint density at radius 2 is 1.81 bits per heavy atom. The monoisotopic (exact) mass is 542 g/mol. The number of benzene rings is 3. The SMILES string of the molecule is COc1ccc(N2C(=O)/C(=C\c3ccc(OCc4cccc([N+](=O)[O-])c4)c(OC)c3)SC2=S)cc1Cl. The Labute approximate surface area is 221 Å². The van der Waals surface area contributed by atoms with Crippen LogP contribution in [0.4, 0.5) is 11.4 Å². The molecule has 1 aliphatic rings. The molecule has 1 amide bonds. The van der Waals surface area contributed by atoms with Crippen molar-refractivity contribution in [3.8, 4) is 17.2 Å². The Morgan fingerprint density at radius 1 is 1.06 bits per heavy atom. The molecule has 8 nitrogen and oxygen atoms in total. The van der Waals surface area contributed by atoms with Gasteiger partial charge in [0.05, 0.1) is 34.8 Å². The Kier molecular flexibility index (Phi) is 7.78. The topological polar surface area (TPSA) is 91.1 Å². The number of nitrogens with zero attached hydrogens (tertiary/aromatic N) is 2.